The molecule has 0 aromatic heterocycles. The van der Waals surface area contributed by atoms with Gasteiger partial charge in [-0.05, 0) is 17.7 Å². The Morgan fingerprint density at radius 3 is 2.35 bits per heavy atom. The maximum absolute atomic E-state index is 11.4. The third-order valence-electron chi connectivity index (χ3n) is 4.68. The van der Waals surface area contributed by atoms with Gasteiger partial charge in [0.25, 0.3) is 5.78 Å². The monoisotopic (exact) mass is 427 g/mol. The van der Waals surface area contributed by atoms with Crippen LogP contribution < -0.4 is 9.47 Å². The lowest BCUT2D eigenvalue weighted by atomic mass is 10.1. The van der Waals surface area contributed by atoms with Crippen molar-refractivity contribution >= 4 is 17.5 Å². The molecule has 0 aliphatic carbocycles. The van der Waals surface area contributed by atoms with Gasteiger partial charge < -0.3 is 24.4 Å². The summed E-state index contributed by atoms with van der Waals surface area (Å²) < 4.78 is 17.0. The summed E-state index contributed by atoms with van der Waals surface area (Å²) in [4.78, 5) is 24.4. The summed E-state index contributed by atoms with van der Waals surface area (Å²) in [6.07, 6.45) is 0.663. The number of carbonyl (C=O) groups excluding carboxylic acids is 1. The van der Waals surface area contributed by atoms with Crippen molar-refractivity contribution in [2.24, 2.45) is 0 Å². The molecular weight excluding hydrogens is 402 g/mol. The molecule has 0 amide bonds. The predicted molar refractivity (Wildman–Crippen MR) is 113 cm³/mol. The Morgan fingerprint density at radius 1 is 1.00 bits per heavy atom. The Hall–Kier alpha value is -3.36. The molecule has 164 valence electrons. The van der Waals surface area contributed by atoms with Crippen LogP contribution in [0.3, 0.4) is 0 Å². The van der Waals surface area contributed by atoms with Gasteiger partial charge >= 0.3 is 5.97 Å². The number of nitrogens with zero attached hydrogens (tertiary/aromatic N) is 1. The topological polar surface area (TPSA) is 106 Å². The van der Waals surface area contributed by atoms with Crippen LogP contribution in [0, 0.1) is 0 Å². The lowest BCUT2D eigenvalue weighted by molar-refractivity contribution is -0.146. The van der Waals surface area contributed by atoms with Crippen molar-refractivity contribution in [3.8, 4) is 11.5 Å². The molecule has 1 heterocycles. The van der Waals surface area contributed by atoms with Gasteiger partial charge in [0.15, 0.2) is 0 Å². The van der Waals surface area contributed by atoms with E-state index in [2.05, 4.69) is 4.90 Å². The van der Waals surface area contributed by atoms with E-state index in [1.165, 1.54) is 12.1 Å². The molecule has 3 rings (SSSR count). The van der Waals surface area contributed by atoms with Gasteiger partial charge in [-0.1, -0.05) is 30.3 Å². The van der Waals surface area contributed by atoms with E-state index in [9.17, 15) is 14.7 Å². The van der Waals surface area contributed by atoms with Crippen molar-refractivity contribution < 1.29 is 34.0 Å². The number of aliphatic hydroxyl groups is 1. The average Bonchev–Trinajstić information content (AvgIpc) is 2.79. The molecule has 1 aliphatic rings. The molecule has 2 aromatic rings. The van der Waals surface area contributed by atoms with E-state index >= 15 is 0 Å². The van der Waals surface area contributed by atoms with E-state index in [1.807, 2.05) is 30.3 Å². The van der Waals surface area contributed by atoms with E-state index in [-0.39, 0.29) is 5.56 Å². The minimum Gasteiger partial charge on any atom is -0.507 e. The number of carboxylic acids is 1. The zero-order valence-electron chi connectivity index (χ0n) is 17.0. The number of morpholine rings is 1. The zero-order valence-corrected chi connectivity index (χ0v) is 17.0. The second-order valence-corrected chi connectivity index (χ2v) is 6.97. The molecule has 2 aromatic carbocycles. The van der Waals surface area contributed by atoms with Gasteiger partial charge in [-0.3, -0.25) is 9.69 Å². The maximum Gasteiger partial charge on any atom is 0.376 e. The smallest absolute Gasteiger partial charge is 0.376 e. The summed E-state index contributed by atoms with van der Waals surface area (Å²) in [5, 5.41) is 19.0. The van der Waals surface area contributed by atoms with Crippen LogP contribution in [-0.4, -0.2) is 66.3 Å². The number of hydrogen-bond acceptors (Lipinski definition) is 7. The number of rotatable bonds is 10. The molecule has 1 saturated heterocycles. The number of ether oxygens (including phenoxy) is 3. The van der Waals surface area contributed by atoms with Gasteiger partial charge in [0.2, 0.25) is 0 Å². The van der Waals surface area contributed by atoms with Crippen molar-refractivity contribution in [1.29, 1.82) is 0 Å². The fourth-order valence-corrected chi connectivity index (χ4v) is 3.01. The van der Waals surface area contributed by atoms with E-state index in [1.54, 1.807) is 6.07 Å². The molecule has 1 aliphatic heterocycles. The Balaban J connectivity index is 1.73. The van der Waals surface area contributed by atoms with E-state index in [0.717, 1.165) is 18.7 Å². The van der Waals surface area contributed by atoms with Gasteiger partial charge in [-0.25, -0.2) is 4.79 Å². The fraction of sp³-hybridized carbons (Fsp3) is 0.304. The van der Waals surface area contributed by atoms with Crippen molar-refractivity contribution in [1.82, 2.24) is 4.90 Å². The van der Waals surface area contributed by atoms with Crippen LogP contribution in [0.5, 0.6) is 11.5 Å². The summed E-state index contributed by atoms with van der Waals surface area (Å²) >= 11 is 0. The van der Waals surface area contributed by atoms with Crippen molar-refractivity contribution in [2.45, 2.75) is 6.61 Å². The number of benzene rings is 2. The first kappa shape index (κ1) is 22.3. The SMILES string of the molecule is O=C(O)C(=O)C=C(O)c1cc(OCCN2CCOCC2)cc(OCc2ccccc2)c1. The summed E-state index contributed by atoms with van der Waals surface area (Å²) in [5.41, 5.74) is 1.19. The number of hydrogen-bond donors (Lipinski definition) is 2. The van der Waals surface area contributed by atoms with Crippen LogP contribution in [0.1, 0.15) is 11.1 Å². The first-order chi connectivity index (χ1) is 15.0. The molecule has 8 nitrogen and oxygen atoms in total. The minimum atomic E-state index is -1.65. The molecule has 0 atom stereocenters. The van der Waals surface area contributed by atoms with Crippen LogP contribution in [0.25, 0.3) is 5.76 Å². The second kappa shape index (κ2) is 11.1. The van der Waals surface area contributed by atoms with Crippen LogP contribution in [0.2, 0.25) is 0 Å². The molecule has 8 heteroatoms. The Kier molecular flexibility index (Phi) is 8.03. The Labute approximate surface area is 180 Å². The van der Waals surface area contributed by atoms with Gasteiger partial charge in [0.05, 0.1) is 13.2 Å². The molecule has 0 saturated carbocycles. The largest absolute Gasteiger partial charge is 0.507 e. The summed E-state index contributed by atoms with van der Waals surface area (Å²) in [5.74, 6) is -2.48. The van der Waals surface area contributed by atoms with E-state index in [0.29, 0.717) is 50.5 Å². The number of carboxylic acid groups (broad SMARTS) is 1. The van der Waals surface area contributed by atoms with Crippen molar-refractivity contribution in [3.05, 3.63) is 65.7 Å². The van der Waals surface area contributed by atoms with Crippen LogP contribution >= 0.6 is 0 Å². The van der Waals surface area contributed by atoms with E-state index in [4.69, 9.17) is 19.3 Å². The molecular formula is C23H25NO7. The fourth-order valence-electron chi connectivity index (χ4n) is 3.01. The Morgan fingerprint density at radius 2 is 1.68 bits per heavy atom. The lowest BCUT2D eigenvalue weighted by Gasteiger charge is -2.26. The normalized spacial score (nSPS) is 14.8. The van der Waals surface area contributed by atoms with Crippen LogP contribution in [0.4, 0.5) is 0 Å². The van der Waals surface area contributed by atoms with Gasteiger partial charge in [0.1, 0.15) is 30.5 Å². The molecule has 1 fully saturated rings. The summed E-state index contributed by atoms with van der Waals surface area (Å²) in [7, 11) is 0. The summed E-state index contributed by atoms with van der Waals surface area (Å²) in [6, 6.07) is 14.3. The highest BCUT2D eigenvalue weighted by Gasteiger charge is 2.14. The first-order valence-electron chi connectivity index (χ1n) is 9.94. The number of carbonyl (C=O) groups is 2. The molecule has 0 spiro atoms. The molecule has 2 N–H and O–H groups in total. The average molecular weight is 427 g/mol. The third-order valence-corrected chi connectivity index (χ3v) is 4.68. The van der Waals surface area contributed by atoms with Gasteiger partial charge in [-0.2, -0.15) is 0 Å². The quantitative estimate of drug-likeness (QED) is 0.339. The standard InChI is InChI=1S/C23H25NO7/c25-21(15-22(26)23(27)28)18-12-19(30-11-8-24-6-9-29-10-7-24)14-20(13-18)31-16-17-4-2-1-3-5-17/h1-5,12-15,25H,6-11,16H2,(H,27,28). The Bertz CT molecular complexity index is 921. The number of ketones is 1. The molecule has 0 bridgehead atoms. The third kappa shape index (κ3) is 7.13. The minimum absolute atomic E-state index is 0.224. The first-order valence-corrected chi connectivity index (χ1v) is 9.94. The maximum atomic E-state index is 11.4. The van der Waals surface area contributed by atoms with Gasteiger partial charge in [0, 0.05) is 37.3 Å². The number of aliphatic carboxylic acids is 1. The van der Waals surface area contributed by atoms with Crippen LogP contribution in [-0.2, 0) is 20.9 Å². The van der Waals surface area contributed by atoms with Crippen molar-refractivity contribution in [3.63, 3.8) is 0 Å². The highest BCUT2D eigenvalue weighted by molar-refractivity contribution is 6.38. The molecule has 0 radical (unpaired) electrons. The molecule has 0 unspecified atom stereocenters. The van der Waals surface area contributed by atoms with Crippen molar-refractivity contribution in [2.75, 3.05) is 39.5 Å². The predicted octanol–water partition coefficient (Wildman–Crippen LogP) is 2.53. The second-order valence-electron chi connectivity index (χ2n) is 6.97. The van der Waals surface area contributed by atoms with E-state index < -0.39 is 17.5 Å². The highest BCUT2D eigenvalue weighted by atomic mass is 16.5. The molecule has 31 heavy (non-hydrogen) atoms. The highest BCUT2D eigenvalue weighted by Crippen LogP contribution is 2.27. The number of aliphatic hydroxyl groups excluding tert-OH is 1. The van der Waals surface area contributed by atoms with Gasteiger partial charge in [-0.15, -0.1) is 0 Å². The zero-order chi connectivity index (χ0) is 22.1. The lowest BCUT2D eigenvalue weighted by Crippen LogP contribution is -2.38. The van der Waals surface area contributed by atoms with Crippen LogP contribution in [0.15, 0.2) is 54.6 Å². The summed E-state index contributed by atoms with van der Waals surface area (Å²) in [6.45, 7) is 4.51.